The summed E-state index contributed by atoms with van der Waals surface area (Å²) < 4.78 is 2.36. The van der Waals surface area contributed by atoms with Gasteiger partial charge in [0.15, 0.2) is 0 Å². The Morgan fingerprint density at radius 3 is 2.63 bits per heavy atom. The number of aromatic nitrogens is 2. The Morgan fingerprint density at radius 2 is 1.81 bits per heavy atom. The molecule has 0 bridgehead atoms. The van der Waals surface area contributed by atoms with Gasteiger partial charge in [-0.25, -0.2) is 0 Å². The molecule has 0 saturated heterocycles. The molecule has 27 heavy (non-hydrogen) atoms. The van der Waals surface area contributed by atoms with Crippen molar-refractivity contribution in [1.82, 2.24) is 14.5 Å². The van der Waals surface area contributed by atoms with Crippen molar-refractivity contribution < 1.29 is 4.79 Å². The molecule has 3 aromatic rings. The summed E-state index contributed by atoms with van der Waals surface area (Å²) >= 11 is 0. The van der Waals surface area contributed by atoms with Gasteiger partial charge in [0.2, 0.25) is 5.91 Å². The number of carbonyl (C=O) groups is 1. The summed E-state index contributed by atoms with van der Waals surface area (Å²) in [6, 6.07) is 12.8. The number of unbranched alkanes of at least 4 members (excludes halogenated alkanes) is 2. The van der Waals surface area contributed by atoms with E-state index < -0.39 is 0 Å². The molecule has 4 heteroatoms. The second kappa shape index (κ2) is 7.63. The van der Waals surface area contributed by atoms with Crippen LogP contribution < -0.4 is 0 Å². The summed E-state index contributed by atoms with van der Waals surface area (Å²) in [6.45, 7) is 6.94. The SMILES string of the molecule is Cc1ccc(C)n1CCCCCC(=O)N1CCc2c([nH]c3ccccc23)C1. The molecule has 1 N–H and O–H groups in total. The lowest BCUT2D eigenvalue weighted by Crippen LogP contribution is -2.35. The summed E-state index contributed by atoms with van der Waals surface area (Å²) in [7, 11) is 0. The fourth-order valence-corrected chi connectivity index (χ4v) is 4.34. The summed E-state index contributed by atoms with van der Waals surface area (Å²) in [5.74, 6) is 0.299. The summed E-state index contributed by atoms with van der Waals surface area (Å²) in [4.78, 5) is 18.2. The van der Waals surface area contributed by atoms with E-state index in [1.807, 2.05) is 4.90 Å². The molecule has 0 aliphatic carbocycles. The van der Waals surface area contributed by atoms with E-state index in [-0.39, 0.29) is 0 Å². The van der Waals surface area contributed by atoms with Crippen molar-refractivity contribution in [3.05, 3.63) is 59.0 Å². The monoisotopic (exact) mass is 363 g/mol. The molecule has 4 rings (SSSR count). The standard InChI is InChI=1S/C23H29N3O/c1-17-11-12-18(2)26(17)14-7-3-4-10-23(27)25-15-13-20-19-8-5-6-9-21(19)24-22(20)16-25/h5-6,8-9,11-12,24H,3-4,7,10,13-16H2,1-2H3. The number of aromatic amines is 1. The highest BCUT2D eigenvalue weighted by Crippen LogP contribution is 2.27. The fourth-order valence-electron chi connectivity index (χ4n) is 4.34. The summed E-state index contributed by atoms with van der Waals surface area (Å²) in [5, 5.41) is 1.31. The highest BCUT2D eigenvalue weighted by molar-refractivity contribution is 5.85. The van der Waals surface area contributed by atoms with Crippen LogP contribution >= 0.6 is 0 Å². The van der Waals surface area contributed by atoms with Crippen LogP contribution in [0.5, 0.6) is 0 Å². The van der Waals surface area contributed by atoms with Crippen LogP contribution in [-0.4, -0.2) is 26.9 Å². The zero-order valence-corrected chi connectivity index (χ0v) is 16.4. The lowest BCUT2D eigenvalue weighted by molar-refractivity contribution is -0.132. The first-order valence-electron chi connectivity index (χ1n) is 10.1. The van der Waals surface area contributed by atoms with Crippen LogP contribution in [0.4, 0.5) is 0 Å². The van der Waals surface area contributed by atoms with Crippen molar-refractivity contribution >= 4 is 16.8 Å². The van der Waals surface area contributed by atoms with Crippen molar-refractivity contribution in [2.24, 2.45) is 0 Å². The predicted molar refractivity (Wildman–Crippen MR) is 110 cm³/mol. The number of H-pyrrole nitrogens is 1. The summed E-state index contributed by atoms with van der Waals surface area (Å²) in [6.07, 6.45) is 4.84. The zero-order valence-electron chi connectivity index (χ0n) is 16.4. The van der Waals surface area contributed by atoms with Crippen LogP contribution in [0.1, 0.15) is 48.3 Å². The number of hydrogen-bond acceptors (Lipinski definition) is 1. The highest BCUT2D eigenvalue weighted by atomic mass is 16.2. The Balaban J connectivity index is 1.26. The van der Waals surface area contributed by atoms with Crippen molar-refractivity contribution in [2.45, 2.75) is 59.0 Å². The molecular formula is C23H29N3O. The van der Waals surface area contributed by atoms with Gasteiger partial charge in [-0.2, -0.15) is 0 Å². The minimum absolute atomic E-state index is 0.299. The van der Waals surface area contributed by atoms with E-state index >= 15 is 0 Å². The third kappa shape index (κ3) is 3.66. The molecule has 1 amide bonds. The predicted octanol–water partition coefficient (Wildman–Crippen LogP) is 4.73. The molecule has 0 fully saturated rings. The van der Waals surface area contributed by atoms with Gasteiger partial charge < -0.3 is 14.5 Å². The normalized spacial score (nSPS) is 13.9. The van der Waals surface area contributed by atoms with E-state index in [1.54, 1.807) is 0 Å². The Bertz CT molecular complexity index is 930. The Kier molecular flexibility index (Phi) is 5.06. The average molecular weight is 364 g/mol. The van der Waals surface area contributed by atoms with Gasteiger partial charge in [-0.05, 0) is 56.9 Å². The maximum absolute atomic E-state index is 12.6. The number of benzene rings is 1. The Morgan fingerprint density at radius 1 is 1.04 bits per heavy atom. The minimum atomic E-state index is 0.299. The van der Waals surface area contributed by atoms with Gasteiger partial charge in [0.25, 0.3) is 0 Å². The number of hydrogen-bond donors (Lipinski definition) is 1. The molecule has 4 nitrogen and oxygen atoms in total. The van der Waals surface area contributed by atoms with Crippen molar-refractivity contribution in [2.75, 3.05) is 6.54 Å². The van der Waals surface area contributed by atoms with E-state index in [9.17, 15) is 4.79 Å². The first kappa shape index (κ1) is 17.9. The highest BCUT2D eigenvalue weighted by Gasteiger charge is 2.23. The zero-order chi connectivity index (χ0) is 18.8. The average Bonchev–Trinajstić information content (AvgIpc) is 3.21. The lowest BCUT2D eigenvalue weighted by Gasteiger charge is -2.27. The molecule has 0 unspecified atom stereocenters. The van der Waals surface area contributed by atoms with Gasteiger partial charge in [-0.3, -0.25) is 4.79 Å². The third-order valence-corrected chi connectivity index (χ3v) is 5.93. The van der Waals surface area contributed by atoms with Crippen LogP contribution in [0.15, 0.2) is 36.4 Å². The number of carbonyl (C=O) groups excluding carboxylic acids is 1. The maximum atomic E-state index is 12.6. The van der Waals surface area contributed by atoms with E-state index in [0.717, 1.165) is 45.3 Å². The molecule has 1 aliphatic heterocycles. The third-order valence-electron chi connectivity index (χ3n) is 5.93. The van der Waals surface area contributed by atoms with Crippen molar-refractivity contribution in [1.29, 1.82) is 0 Å². The number of nitrogens with one attached hydrogen (secondary N) is 1. The molecule has 1 aromatic carbocycles. The second-order valence-electron chi connectivity index (χ2n) is 7.77. The minimum Gasteiger partial charge on any atom is -0.357 e. The quantitative estimate of drug-likeness (QED) is 0.632. The molecule has 0 radical (unpaired) electrons. The molecule has 142 valence electrons. The van der Waals surface area contributed by atoms with Gasteiger partial charge in [0, 0.05) is 47.5 Å². The van der Waals surface area contributed by atoms with Crippen LogP contribution in [0.2, 0.25) is 0 Å². The van der Waals surface area contributed by atoms with Gasteiger partial charge in [0.05, 0.1) is 6.54 Å². The van der Waals surface area contributed by atoms with E-state index in [4.69, 9.17) is 0 Å². The molecule has 0 spiro atoms. The van der Waals surface area contributed by atoms with Crippen LogP contribution in [0, 0.1) is 13.8 Å². The van der Waals surface area contributed by atoms with Crippen LogP contribution in [0.25, 0.3) is 10.9 Å². The smallest absolute Gasteiger partial charge is 0.222 e. The van der Waals surface area contributed by atoms with Crippen LogP contribution in [0.3, 0.4) is 0 Å². The maximum Gasteiger partial charge on any atom is 0.222 e. The molecule has 2 aromatic heterocycles. The largest absolute Gasteiger partial charge is 0.357 e. The van der Waals surface area contributed by atoms with Crippen LogP contribution in [-0.2, 0) is 24.3 Å². The van der Waals surface area contributed by atoms with E-state index in [2.05, 4.69) is 59.8 Å². The second-order valence-corrected chi connectivity index (χ2v) is 7.77. The molecule has 0 atom stereocenters. The molecule has 3 heterocycles. The lowest BCUT2D eigenvalue weighted by atomic mass is 10.0. The molecule has 1 aliphatic rings. The first-order chi connectivity index (χ1) is 13.1. The Labute approximate surface area is 161 Å². The summed E-state index contributed by atoms with van der Waals surface area (Å²) in [5.41, 5.74) is 6.45. The number of amides is 1. The fraction of sp³-hybridized carbons (Fsp3) is 0.435. The van der Waals surface area contributed by atoms with Gasteiger partial charge in [-0.15, -0.1) is 0 Å². The number of fused-ring (bicyclic) bond motifs is 3. The van der Waals surface area contributed by atoms with Crippen molar-refractivity contribution in [3.8, 4) is 0 Å². The molecular weight excluding hydrogens is 334 g/mol. The van der Waals surface area contributed by atoms with E-state index in [1.165, 1.54) is 33.5 Å². The molecule has 0 saturated carbocycles. The Hall–Kier alpha value is -2.49. The number of aryl methyl sites for hydroxylation is 2. The number of nitrogens with zero attached hydrogens (tertiary/aromatic N) is 2. The van der Waals surface area contributed by atoms with E-state index in [0.29, 0.717) is 12.3 Å². The first-order valence-corrected chi connectivity index (χ1v) is 10.1. The number of para-hydroxylation sites is 1. The van der Waals surface area contributed by atoms with Gasteiger partial charge in [-0.1, -0.05) is 24.6 Å². The van der Waals surface area contributed by atoms with Gasteiger partial charge >= 0.3 is 0 Å². The topological polar surface area (TPSA) is 41.0 Å². The number of rotatable bonds is 6. The van der Waals surface area contributed by atoms with Crippen molar-refractivity contribution in [3.63, 3.8) is 0 Å². The van der Waals surface area contributed by atoms with Gasteiger partial charge in [0.1, 0.15) is 0 Å².